The van der Waals surface area contributed by atoms with Crippen LogP contribution >= 0.6 is 0 Å². The van der Waals surface area contributed by atoms with E-state index in [4.69, 9.17) is 4.74 Å². The predicted octanol–water partition coefficient (Wildman–Crippen LogP) is 2.36. The number of piperidine rings is 1. The Hall–Kier alpha value is -5.53. The van der Waals surface area contributed by atoms with Gasteiger partial charge in [-0.15, -0.1) is 0 Å². The van der Waals surface area contributed by atoms with Crippen LogP contribution in [0.5, 0.6) is 0 Å². The molecule has 4 heterocycles. The number of carbonyl (C=O) groups excluding carboxylic acids is 7. The maximum atomic E-state index is 14.7. The van der Waals surface area contributed by atoms with E-state index < -0.39 is 77.9 Å². The van der Waals surface area contributed by atoms with Gasteiger partial charge in [0.05, 0.1) is 0 Å². The van der Waals surface area contributed by atoms with Crippen LogP contribution in [-0.4, -0.2) is 118 Å². The van der Waals surface area contributed by atoms with Crippen molar-refractivity contribution in [1.29, 1.82) is 0 Å². The minimum absolute atomic E-state index is 0.00935. The highest BCUT2D eigenvalue weighted by molar-refractivity contribution is 5.98. The average Bonchev–Trinajstić information content (AvgIpc) is 3.86. The summed E-state index contributed by atoms with van der Waals surface area (Å²) in [4.78, 5) is 102. The number of hydrogen-bond donors (Lipinski definition) is 3. The molecule has 304 valence electrons. The molecule has 0 aromatic heterocycles. The van der Waals surface area contributed by atoms with E-state index in [-0.39, 0.29) is 37.8 Å². The second-order valence-electron chi connectivity index (χ2n) is 15.8. The number of carbonyl (C=O) groups is 7. The molecule has 4 fully saturated rings. The number of benzene rings is 2. The largest absolute Gasteiger partial charge is 0.458 e. The Morgan fingerprint density at radius 1 is 0.807 bits per heavy atom. The normalized spacial score (nSPS) is 27.9. The second-order valence-corrected chi connectivity index (χ2v) is 15.8. The molecule has 2 aromatic carbocycles. The minimum Gasteiger partial charge on any atom is -0.458 e. The Kier molecular flexibility index (Phi) is 13.4. The lowest BCUT2D eigenvalue weighted by Crippen LogP contribution is -2.63. The van der Waals surface area contributed by atoms with Crippen LogP contribution in [0.25, 0.3) is 6.08 Å². The van der Waals surface area contributed by atoms with E-state index in [0.29, 0.717) is 45.1 Å². The molecular formula is C43H54N6O8. The van der Waals surface area contributed by atoms with E-state index in [0.717, 1.165) is 11.1 Å². The van der Waals surface area contributed by atoms with Crippen LogP contribution in [-0.2, 0) is 44.7 Å². The van der Waals surface area contributed by atoms with Crippen molar-refractivity contribution in [1.82, 2.24) is 30.7 Å². The third-order valence-corrected chi connectivity index (χ3v) is 11.4. The van der Waals surface area contributed by atoms with Gasteiger partial charge in [-0.3, -0.25) is 28.8 Å². The first-order valence-corrected chi connectivity index (χ1v) is 20.2. The number of nitrogens with one attached hydrogen (secondary N) is 3. The zero-order valence-electron chi connectivity index (χ0n) is 32.9. The number of nitrogens with zero attached hydrogens (tertiary/aromatic N) is 3. The number of fused-ring (bicyclic) bond motifs is 3. The van der Waals surface area contributed by atoms with E-state index in [1.54, 1.807) is 13.0 Å². The van der Waals surface area contributed by atoms with Gasteiger partial charge in [0, 0.05) is 32.5 Å². The van der Waals surface area contributed by atoms with Crippen molar-refractivity contribution in [3.05, 3.63) is 77.9 Å². The fourth-order valence-electron chi connectivity index (χ4n) is 8.40. The molecule has 0 unspecified atom stereocenters. The van der Waals surface area contributed by atoms with Crippen molar-refractivity contribution in [2.45, 2.75) is 114 Å². The zero-order valence-corrected chi connectivity index (χ0v) is 32.9. The molecule has 6 amide bonds. The predicted molar refractivity (Wildman–Crippen MR) is 211 cm³/mol. The molecule has 4 saturated heterocycles. The molecule has 4 aliphatic rings. The van der Waals surface area contributed by atoms with Crippen molar-refractivity contribution in [2.24, 2.45) is 5.92 Å². The Bertz CT molecular complexity index is 1840. The van der Waals surface area contributed by atoms with Gasteiger partial charge >= 0.3 is 5.97 Å². The van der Waals surface area contributed by atoms with Gasteiger partial charge in [-0.05, 0) is 69.4 Å². The number of rotatable bonds is 8. The fourth-order valence-corrected chi connectivity index (χ4v) is 8.40. The Labute approximate surface area is 333 Å². The van der Waals surface area contributed by atoms with Gasteiger partial charge in [0.1, 0.15) is 42.4 Å². The highest BCUT2D eigenvalue weighted by Crippen LogP contribution is 2.29. The molecule has 57 heavy (non-hydrogen) atoms. The van der Waals surface area contributed by atoms with Gasteiger partial charge in [-0.25, -0.2) is 4.79 Å². The molecule has 0 radical (unpaired) electrons. The van der Waals surface area contributed by atoms with Crippen molar-refractivity contribution in [2.75, 3.05) is 19.6 Å². The molecule has 4 aliphatic heterocycles. The summed E-state index contributed by atoms with van der Waals surface area (Å²) in [7, 11) is 0. The number of cyclic esters (lactones) is 1. The molecular weight excluding hydrogens is 729 g/mol. The van der Waals surface area contributed by atoms with E-state index in [9.17, 15) is 33.6 Å². The summed E-state index contributed by atoms with van der Waals surface area (Å²) >= 11 is 0. The van der Waals surface area contributed by atoms with E-state index in [1.165, 1.54) is 21.6 Å². The van der Waals surface area contributed by atoms with Crippen LogP contribution in [0.4, 0.5) is 0 Å². The maximum absolute atomic E-state index is 14.7. The first kappa shape index (κ1) is 41.1. The Morgan fingerprint density at radius 3 is 2.21 bits per heavy atom. The lowest BCUT2D eigenvalue weighted by atomic mass is 9.99. The van der Waals surface area contributed by atoms with Gasteiger partial charge in [0.2, 0.25) is 35.4 Å². The average molecular weight is 783 g/mol. The standard InChI is InChI=1S/C43H54N6O8/c1-27-24-35-43(56)57-29(3)37(46-38(51)32(25-31-16-8-5-9-17-31)45-36(50)21-12-18-30-14-6-4-7-15-30)42(55)48-23-13-20-34(48)41(54)47-22-11-10-19-33(47)39(52)44-28(2)40(53)49(35)26-27/h4-9,12,14-18,27-29,32-35,37H,10-11,13,19-26H2,1-3H3,(H,44,52)(H,45,50)(H,46,51)/b18-12+/t27-,28+,29+,32+,33+,34+,35+,37+/m1/s1. The summed E-state index contributed by atoms with van der Waals surface area (Å²) in [6.07, 6.45) is 5.34. The number of amides is 6. The van der Waals surface area contributed by atoms with Gasteiger partial charge < -0.3 is 35.4 Å². The van der Waals surface area contributed by atoms with Crippen LogP contribution < -0.4 is 16.0 Å². The van der Waals surface area contributed by atoms with Crippen molar-refractivity contribution < 1.29 is 38.3 Å². The van der Waals surface area contributed by atoms with Crippen molar-refractivity contribution in [3.8, 4) is 0 Å². The van der Waals surface area contributed by atoms with E-state index in [2.05, 4.69) is 16.0 Å². The van der Waals surface area contributed by atoms with Gasteiger partial charge in [0.25, 0.3) is 0 Å². The molecule has 14 nitrogen and oxygen atoms in total. The summed E-state index contributed by atoms with van der Waals surface area (Å²) in [5.41, 5.74) is 1.68. The minimum atomic E-state index is -1.45. The first-order valence-electron chi connectivity index (χ1n) is 20.2. The topological polar surface area (TPSA) is 175 Å². The Balaban J connectivity index is 1.30. The molecule has 8 atom stereocenters. The maximum Gasteiger partial charge on any atom is 0.329 e. The van der Waals surface area contributed by atoms with Crippen LogP contribution in [0.15, 0.2) is 66.7 Å². The summed E-state index contributed by atoms with van der Waals surface area (Å²) in [6.45, 7) is 5.77. The SMILES string of the molecule is C[C@@H]1C[C@H]2C(=O)O[C@@H](C)[C@H](NC(=O)[C@H](Cc3ccccc3)NC(=O)C/C=C/c3ccccc3)C(=O)N3CCC[C@H]3C(=O)N3CCCC[C@H]3C(=O)N[C@@H](C)C(=O)N2C1. The lowest BCUT2D eigenvalue weighted by molar-refractivity contribution is -0.163. The summed E-state index contributed by atoms with van der Waals surface area (Å²) in [5, 5.41) is 8.45. The van der Waals surface area contributed by atoms with Crippen LogP contribution in [0.2, 0.25) is 0 Å². The van der Waals surface area contributed by atoms with Gasteiger partial charge in [0.15, 0.2) is 0 Å². The third kappa shape index (κ3) is 9.89. The molecule has 0 bridgehead atoms. The number of hydrogen-bond acceptors (Lipinski definition) is 8. The Morgan fingerprint density at radius 2 is 1.47 bits per heavy atom. The van der Waals surface area contributed by atoms with Crippen LogP contribution in [0, 0.1) is 5.92 Å². The summed E-state index contributed by atoms with van der Waals surface area (Å²) in [5.74, 6) is -3.81. The van der Waals surface area contributed by atoms with Crippen molar-refractivity contribution in [3.63, 3.8) is 0 Å². The lowest BCUT2D eigenvalue weighted by Gasteiger charge is -2.39. The highest BCUT2D eigenvalue weighted by atomic mass is 16.5. The molecule has 14 heteroatoms. The quantitative estimate of drug-likeness (QED) is 0.343. The fraction of sp³-hybridized carbons (Fsp3) is 0.512. The van der Waals surface area contributed by atoms with Gasteiger partial charge in [-0.2, -0.15) is 0 Å². The molecule has 0 saturated carbocycles. The molecule has 3 N–H and O–H groups in total. The summed E-state index contributed by atoms with van der Waals surface area (Å²) < 4.78 is 5.96. The van der Waals surface area contributed by atoms with Crippen LogP contribution in [0.1, 0.15) is 76.8 Å². The zero-order chi connectivity index (χ0) is 40.6. The number of ether oxygens (including phenoxy) is 1. The molecule has 2 aromatic rings. The van der Waals surface area contributed by atoms with Crippen LogP contribution in [0.3, 0.4) is 0 Å². The second kappa shape index (κ2) is 18.6. The molecule has 6 rings (SSSR count). The monoisotopic (exact) mass is 782 g/mol. The third-order valence-electron chi connectivity index (χ3n) is 11.4. The smallest absolute Gasteiger partial charge is 0.329 e. The van der Waals surface area contributed by atoms with Crippen molar-refractivity contribution >= 4 is 47.5 Å². The first-order chi connectivity index (χ1) is 27.4. The van der Waals surface area contributed by atoms with E-state index in [1.807, 2.05) is 73.7 Å². The molecule has 0 aliphatic carbocycles. The number of esters is 1. The van der Waals surface area contributed by atoms with Gasteiger partial charge in [-0.1, -0.05) is 79.7 Å². The highest BCUT2D eigenvalue weighted by Gasteiger charge is 2.47. The summed E-state index contributed by atoms with van der Waals surface area (Å²) in [6, 6.07) is 12.4. The molecule has 0 spiro atoms. The van der Waals surface area contributed by atoms with E-state index >= 15 is 0 Å².